The molecule has 0 fully saturated rings. The fraction of sp³-hybridized carbons (Fsp3) is 1.00. The predicted octanol–water partition coefficient (Wildman–Crippen LogP) is 0.191. The molecule has 1 unspecified atom stereocenters. The molecule has 0 saturated heterocycles. The second kappa shape index (κ2) is 7.25. The average Bonchev–Trinajstić information content (AvgIpc) is 1.98. The van der Waals surface area contributed by atoms with Crippen molar-refractivity contribution < 1.29 is 4.43 Å². The van der Waals surface area contributed by atoms with E-state index >= 15 is 0 Å². The maximum atomic E-state index is 5.35. The largest absolute Gasteiger partial charge is 0.425 e. The second-order valence-electron chi connectivity index (χ2n) is 2.68. The third kappa shape index (κ3) is 6.26. The van der Waals surface area contributed by atoms with Crippen molar-refractivity contribution in [1.82, 2.24) is 0 Å². The van der Waals surface area contributed by atoms with E-state index in [2.05, 4.69) is 6.92 Å². The zero-order valence-corrected chi connectivity index (χ0v) is 9.10. The summed E-state index contributed by atoms with van der Waals surface area (Å²) in [4.78, 5) is 0. The molecular weight excluding hydrogens is 142 g/mol. The molecule has 0 aromatic carbocycles. The number of hydrogen-bond acceptors (Lipinski definition) is 2. The molecule has 0 aromatic rings. The van der Waals surface area contributed by atoms with Crippen molar-refractivity contribution in [3.8, 4) is 0 Å². The summed E-state index contributed by atoms with van der Waals surface area (Å²) < 4.78 is 5.24. The van der Waals surface area contributed by atoms with E-state index in [1.807, 2.05) is 0 Å². The van der Waals surface area contributed by atoms with Crippen LogP contribution in [0.5, 0.6) is 0 Å². The lowest BCUT2D eigenvalue weighted by atomic mass is 10.1. The van der Waals surface area contributed by atoms with Crippen molar-refractivity contribution in [3.05, 3.63) is 0 Å². The number of nitrogens with two attached hydrogens (primary N) is 1. The highest BCUT2D eigenvalue weighted by atomic mass is 28.2. The summed E-state index contributed by atoms with van der Waals surface area (Å²) in [5.74, 6) is 0. The van der Waals surface area contributed by atoms with Gasteiger partial charge < -0.3 is 10.2 Å². The van der Waals surface area contributed by atoms with Crippen LogP contribution in [-0.4, -0.2) is 23.1 Å². The number of unbranched alkanes of at least 4 members (excludes halogenated alkanes) is 2. The number of rotatable bonds is 6. The summed E-state index contributed by atoms with van der Waals surface area (Å²) in [6.45, 7) is 2.96. The Morgan fingerprint density at radius 3 is 2.60 bits per heavy atom. The normalized spacial score (nSPS) is 13.8. The van der Waals surface area contributed by atoms with E-state index in [-0.39, 0.29) is 0 Å². The maximum absolute atomic E-state index is 5.35. The standard InChI is InChI=1S/C7H19NOSi/c1-7(9-10)5-3-2-4-6-8/h7H,2-6,8H2,1,10H3. The van der Waals surface area contributed by atoms with Crippen LogP contribution in [0.15, 0.2) is 0 Å². The molecular formula is C7H19NOSi. The lowest BCUT2D eigenvalue weighted by Crippen LogP contribution is -2.05. The first-order valence-electron chi connectivity index (χ1n) is 4.04. The average molecular weight is 161 g/mol. The molecule has 0 heterocycles. The fourth-order valence-corrected chi connectivity index (χ4v) is 1.11. The Kier molecular flexibility index (Phi) is 7.35. The molecule has 2 nitrogen and oxygen atoms in total. The highest BCUT2D eigenvalue weighted by Crippen LogP contribution is 2.03. The highest BCUT2D eigenvalue weighted by Gasteiger charge is 1.96. The van der Waals surface area contributed by atoms with Crippen LogP contribution in [0.2, 0.25) is 0 Å². The van der Waals surface area contributed by atoms with Crippen LogP contribution in [-0.2, 0) is 4.43 Å². The van der Waals surface area contributed by atoms with Crippen LogP contribution in [0.25, 0.3) is 0 Å². The Labute approximate surface area is 66.7 Å². The van der Waals surface area contributed by atoms with Gasteiger partial charge in [-0.25, -0.2) is 0 Å². The van der Waals surface area contributed by atoms with Gasteiger partial charge in [-0.05, 0) is 26.3 Å². The van der Waals surface area contributed by atoms with Gasteiger partial charge in [0.1, 0.15) is 10.5 Å². The summed E-state index contributed by atoms with van der Waals surface area (Å²) in [5, 5.41) is 0. The Morgan fingerprint density at radius 1 is 1.40 bits per heavy atom. The van der Waals surface area contributed by atoms with Gasteiger partial charge in [0.2, 0.25) is 0 Å². The molecule has 62 valence electrons. The van der Waals surface area contributed by atoms with E-state index in [4.69, 9.17) is 10.2 Å². The van der Waals surface area contributed by atoms with Gasteiger partial charge >= 0.3 is 0 Å². The molecule has 1 atom stereocenters. The smallest absolute Gasteiger partial charge is 0.146 e. The maximum Gasteiger partial charge on any atom is 0.146 e. The fourth-order valence-electron chi connectivity index (χ4n) is 0.871. The summed E-state index contributed by atoms with van der Waals surface area (Å²) in [7, 11) is 0.867. The molecule has 0 saturated carbocycles. The Bertz CT molecular complexity index is 70.6. The summed E-state index contributed by atoms with van der Waals surface area (Å²) >= 11 is 0. The van der Waals surface area contributed by atoms with E-state index < -0.39 is 0 Å². The molecule has 3 heteroatoms. The van der Waals surface area contributed by atoms with Crippen LogP contribution in [0, 0.1) is 0 Å². The SMILES string of the molecule is CC(CCCCCN)O[SiH3]. The van der Waals surface area contributed by atoms with Gasteiger partial charge in [0.25, 0.3) is 0 Å². The van der Waals surface area contributed by atoms with Crippen LogP contribution < -0.4 is 5.73 Å². The van der Waals surface area contributed by atoms with Crippen molar-refractivity contribution in [1.29, 1.82) is 0 Å². The van der Waals surface area contributed by atoms with E-state index in [1.54, 1.807) is 0 Å². The zero-order valence-electron chi connectivity index (χ0n) is 7.10. The molecule has 0 rings (SSSR count). The third-order valence-electron chi connectivity index (χ3n) is 1.72. The van der Waals surface area contributed by atoms with Crippen LogP contribution in [0.3, 0.4) is 0 Å². The van der Waals surface area contributed by atoms with Gasteiger partial charge in [-0.1, -0.05) is 12.8 Å². The lowest BCUT2D eigenvalue weighted by Gasteiger charge is -2.08. The molecule has 0 aromatic heterocycles. The van der Waals surface area contributed by atoms with Crippen molar-refractivity contribution in [2.75, 3.05) is 6.54 Å². The topological polar surface area (TPSA) is 35.2 Å². The second-order valence-corrected chi connectivity index (χ2v) is 3.16. The monoisotopic (exact) mass is 161 g/mol. The van der Waals surface area contributed by atoms with E-state index in [1.165, 1.54) is 19.3 Å². The van der Waals surface area contributed by atoms with Gasteiger partial charge in [-0.3, -0.25) is 0 Å². The van der Waals surface area contributed by atoms with Crippen LogP contribution in [0.4, 0.5) is 0 Å². The van der Waals surface area contributed by atoms with Crippen molar-refractivity contribution in [2.45, 2.75) is 38.7 Å². The highest BCUT2D eigenvalue weighted by molar-refractivity contribution is 5.98. The minimum absolute atomic E-state index is 0.476. The van der Waals surface area contributed by atoms with Gasteiger partial charge in [-0.15, -0.1) is 0 Å². The molecule has 2 N–H and O–H groups in total. The molecule has 0 aliphatic rings. The first kappa shape index (κ1) is 10.1. The van der Waals surface area contributed by atoms with E-state index in [0.29, 0.717) is 6.10 Å². The minimum atomic E-state index is 0.476. The summed E-state index contributed by atoms with van der Waals surface area (Å²) in [6, 6.07) is 0. The number of hydrogen-bond donors (Lipinski definition) is 1. The van der Waals surface area contributed by atoms with Crippen molar-refractivity contribution in [3.63, 3.8) is 0 Å². The quantitative estimate of drug-likeness (QED) is 0.446. The van der Waals surface area contributed by atoms with Gasteiger partial charge in [0.05, 0.1) is 0 Å². The third-order valence-corrected chi connectivity index (χ3v) is 2.52. The molecule has 0 bridgehead atoms. The van der Waals surface area contributed by atoms with Crippen LogP contribution >= 0.6 is 0 Å². The summed E-state index contributed by atoms with van der Waals surface area (Å²) in [5.41, 5.74) is 5.35. The van der Waals surface area contributed by atoms with Crippen LogP contribution in [0.1, 0.15) is 32.6 Å². The van der Waals surface area contributed by atoms with Crippen molar-refractivity contribution >= 4 is 10.5 Å². The molecule has 0 aliphatic carbocycles. The predicted molar refractivity (Wildman–Crippen MR) is 48.0 cm³/mol. The molecule has 0 spiro atoms. The molecule has 0 radical (unpaired) electrons. The van der Waals surface area contributed by atoms with Gasteiger partial charge in [0.15, 0.2) is 0 Å². The Morgan fingerprint density at radius 2 is 2.10 bits per heavy atom. The zero-order chi connectivity index (χ0) is 7.82. The molecule has 0 aliphatic heterocycles. The lowest BCUT2D eigenvalue weighted by molar-refractivity contribution is 0.226. The Hall–Kier alpha value is 0.137. The Balaban J connectivity index is 2.89. The minimum Gasteiger partial charge on any atom is -0.425 e. The first-order valence-corrected chi connectivity index (χ1v) is 4.85. The summed E-state index contributed by atoms with van der Waals surface area (Å²) in [6.07, 6.45) is 5.36. The van der Waals surface area contributed by atoms with Gasteiger partial charge in [-0.2, -0.15) is 0 Å². The van der Waals surface area contributed by atoms with E-state index in [0.717, 1.165) is 23.5 Å². The molecule has 0 amide bonds. The van der Waals surface area contributed by atoms with E-state index in [9.17, 15) is 0 Å². The van der Waals surface area contributed by atoms with Crippen molar-refractivity contribution in [2.24, 2.45) is 5.73 Å². The first-order chi connectivity index (χ1) is 4.81. The van der Waals surface area contributed by atoms with Gasteiger partial charge in [0, 0.05) is 6.10 Å². The molecule has 10 heavy (non-hydrogen) atoms.